The van der Waals surface area contributed by atoms with Crippen LogP contribution in [0, 0.1) is 0 Å². The maximum absolute atomic E-state index is 5.38. The first-order valence-corrected chi connectivity index (χ1v) is 4.98. The fourth-order valence-electron chi connectivity index (χ4n) is 1.58. The molecule has 1 heterocycles. The van der Waals surface area contributed by atoms with Crippen molar-refractivity contribution in [1.82, 2.24) is 4.73 Å². The van der Waals surface area contributed by atoms with E-state index in [9.17, 15) is 0 Å². The predicted molar refractivity (Wildman–Crippen MR) is 56.3 cm³/mol. The molecule has 2 aromatic rings. The quantitative estimate of drug-likeness (QED) is 0.580. The molecule has 0 unspecified atom stereocenters. The Morgan fingerprint density at radius 3 is 2.75 bits per heavy atom. The van der Waals surface area contributed by atoms with Gasteiger partial charge in [-0.05, 0) is 23.8 Å². The molecule has 1 aromatic heterocycles. The molecular formula is C11H15ClN2O2. The maximum atomic E-state index is 5.38. The molecule has 0 aliphatic carbocycles. The average molecular weight is 243 g/mol. The highest BCUT2D eigenvalue weighted by molar-refractivity contribution is 5.71. The van der Waals surface area contributed by atoms with Crippen LogP contribution in [0.4, 0.5) is 0 Å². The average Bonchev–Trinajstić information content (AvgIpc) is 2.65. The SMILES string of the molecule is CCOC[n+]1cn(OC)c2ccccc21.[Cl-]. The van der Waals surface area contributed by atoms with E-state index in [1.807, 2.05) is 42.1 Å². The van der Waals surface area contributed by atoms with Crippen LogP contribution in [0.2, 0.25) is 0 Å². The van der Waals surface area contributed by atoms with Crippen LogP contribution in [0.15, 0.2) is 30.6 Å². The molecule has 0 amide bonds. The number of aromatic nitrogens is 2. The van der Waals surface area contributed by atoms with Gasteiger partial charge in [0.2, 0.25) is 5.52 Å². The van der Waals surface area contributed by atoms with E-state index in [2.05, 4.69) is 0 Å². The van der Waals surface area contributed by atoms with Crippen LogP contribution in [0.3, 0.4) is 0 Å². The molecule has 0 N–H and O–H groups in total. The largest absolute Gasteiger partial charge is 1.00 e. The van der Waals surface area contributed by atoms with E-state index in [1.54, 1.807) is 11.8 Å². The van der Waals surface area contributed by atoms with Crippen LogP contribution in [0.1, 0.15) is 6.92 Å². The van der Waals surface area contributed by atoms with Gasteiger partial charge in [0.15, 0.2) is 12.2 Å². The van der Waals surface area contributed by atoms with E-state index in [1.165, 1.54) is 0 Å². The van der Waals surface area contributed by atoms with E-state index in [0.29, 0.717) is 13.3 Å². The summed E-state index contributed by atoms with van der Waals surface area (Å²) in [5.74, 6) is 0. The van der Waals surface area contributed by atoms with Crippen LogP contribution in [-0.2, 0) is 11.5 Å². The summed E-state index contributed by atoms with van der Waals surface area (Å²) in [5.41, 5.74) is 2.15. The summed E-state index contributed by atoms with van der Waals surface area (Å²) in [6.45, 7) is 3.24. The molecule has 0 saturated carbocycles. The Bertz CT molecular complexity index is 456. The molecule has 0 saturated heterocycles. The van der Waals surface area contributed by atoms with Crippen LogP contribution in [0.5, 0.6) is 0 Å². The third-order valence-corrected chi connectivity index (χ3v) is 2.30. The van der Waals surface area contributed by atoms with Gasteiger partial charge in [-0.15, -0.1) is 0 Å². The molecular weight excluding hydrogens is 228 g/mol. The van der Waals surface area contributed by atoms with Gasteiger partial charge in [0, 0.05) is 6.61 Å². The fourth-order valence-corrected chi connectivity index (χ4v) is 1.58. The van der Waals surface area contributed by atoms with Crippen molar-refractivity contribution in [3.8, 4) is 0 Å². The molecule has 88 valence electrons. The molecule has 0 bridgehead atoms. The summed E-state index contributed by atoms with van der Waals surface area (Å²) in [4.78, 5) is 5.23. The number of hydrogen-bond acceptors (Lipinski definition) is 2. The number of ether oxygens (including phenoxy) is 1. The lowest BCUT2D eigenvalue weighted by molar-refractivity contribution is -0.710. The molecule has 4 nitrogen and oxygen atoms in total. The molecule has 0 aliphatic rings. The molecule has 0 atom stereocenters. The zero-order chi connectivity index (χ0) is 10.7. The van der Waals surface area contributed by atoms with Crippen molar-refractivity contribution in [2.45, 2.75) is 13.7 Å². The Balaban J connectivity index is 0.00000128. The van der Waals surface area contributed by atoms with Crippen LogP contribution in [0.25, 0.3) is 11.0 Å². The number of rotatable bonds is 4. The Hall–Kier alpha value is -1.26. The number of imidazole rings is 1. The molecule has 0 spiro atoms. The smallest absolute Gasteiger partial charge is 0.287 e. The van der Waals surface area contributed by atoms with Crippen molar-refractivity contribution < 1.29 is 26.5 Å². The van der Waals surface area contributed by atoms with Gasteiger partial charge in [0.1, 0.15) is 7.11 Å². The molecule has 2 rings (SSSR count). The van der Waals surface area contributed by atoms with Crippen LogP contribution >= 0.6 is 0 Å². The number of halogens is 1. The number of hydrogen-bond donors (Lipinski definition) is 0. The minimum atomic E-state index is 0. The van der Waals surface area contributed by atoms with Crippen molar-refractivity contribution >= 4 is 11.0 Å². The van der Waals surface area contributed by atoms with Crippen molar-refractivity contribution in [2.24, 2.45) is 0 Å². The van der Waals surface area contributed by atoms with Gasteiger partial charge in [-0.2, -0.15) is 0 Å². The molecule has 16 heavy (non-hydrogen) atoms. The lowest BCUT2D eigenvalue weighted by Crippen LogP contribution is -3.00. The highest BCUT2D eigenvalue weighted by Gasteiger charge is 2.14. The minimum absolute atomic E-state index is 0. The van der Waals surface area contributed by atoms with Gasteiger partial charge in [0.25, 0.3) is 6.33 Å². The van der Waals surface area contributed by atoms with Crippen molar-refractivity contribution in [2.75, 3.05) is 13.7 Å². The van der Waals surface area contributed by atoms with Gasteiger partial charge in [-0.3, -0.25) is 0 Å². The summed E-state index contributed by atoms with van der Waals surface area (Å²) in [6, 6.07) is 8.05. The maximum Gasteiger partial charge on any atom is 0.287 e. The molecule has 1 aromatic carbocycles. The third-order valence-electron chi connectivity index (χ3n) is 2.30. The lowest BCUT2D eigenvalue weighted by Gasteiger charge is -1.96. The van der Waals surface area contributed by atoms with Gasteiger partial charge in [0.05, 0.1) is 0 Å². The molecule has 0 fully saturated rings. The van der Waals surface area contributed by atoms with E-state index in [4.69, 9.17) is 9.57 Å². The van der Waals surface area contributed by atoms with Gasteiger partial charge in [-0.25, -0.2) is 4.57 Å². The Kier molecular flexibility index (Phi) is 4.58. The lowest BCUT2D eigenvalue weighted by atomic mass is 10.3. The number of benzene rings is 1. The normalized spacial score (nSPS) is 10.1. The van der Waals surface area contributed by atoms with Crippen molar-refractivity contribution in [3.05, 3.63) is 30.6 Å². The minimum Gasteiger partial charge on any atom is -1.00 e. The first kappa shape index (κ1) is 12.8. The fraction of sp³-hybridized carbons (Fsp3) is 0.364. The number of para-hydroxylation sites is 2. The Labute approximate surface area is 101 Å². The zero-order valence-electron chi connectivity index (χ0n) is 9.39. The van der Waals surface area contributed by atoms with Gasteiger partial charge >= 0.3 is 0 Å². The van der Waals surface area contributed by atoms with Crippen LogP contribution in [-0.4, -0.2) is 18.4 Å². The molecule has 5 heteroatoms. The third kappa shape index (κ3) is 2.28. The Morgan fingerprint density at radius 2 is 2.06 bits per heavy atom. The molecule has 0 aliphatic heterocycles. The second-order valence-corrected chi connectivity index (χ2v) is 3.20. The topological polar surface area (TPSA) is 27.3 Å². The van der Waals surface area contributed by atoms with Crippen molar-refractivity contribution in [1.29, 1.82) is 0 Å². The predicted octanol–water partition coefficient (Wildman–Crippen LogP) is -2.01. The van der Waals surface area contributed by atoms with E-state index >= 15 is 0 Å². The number of fused-ring (bicyclic) bond motifs is 1. The Morgan fingerprint density at radius 1 is 1.31 bits per heavy atom. The second-order valence-electron chi connectivity index (χ2n) is 3.20. The molecule has 0 radical (unpaired) electrons. The summed E-state index contributed by atoms with van der Waals surface area (Å²) in [7, 11) is 1.65. The van der Waals surface area contributed by atoms with E-state index in [0.717, 1.165) is 11.0 Å². The highest BCUT2D eigenvalue weighted by Crippen LogP contribution is 2.08. The van der Waals surface area contributed by atoms with Gasteiger partial charge < -0.3 is 22.0 Å². The van der Waals surface area contributed by atoms with E-state index in [-0.39, 0.29) is 12.4 Å². The van der Waals surface area contributed by atoms with Crippen molar-refractivity contribution in [3.63, 3.8) is 0 Å². The highest BCUT2D eigenvalue weighted by atomic mass is 35.5. The second kappa shape index (κ2) is 5.72. The summed E-state index contributed by atoms with van der Waals surface area (Å²) in [6.07, 6.45) is 1.89. The van der Waals surface area contributed by atoms with Crippen LogP contribution < -0.4 is 21.8 Å². The summed E-state index contributed by atoms with van der Waals surface area (Å²) < 4.78 is 9.13. The summed E-state index contributed by atoms with van der Waals surface area (Å²) in [5, 5.41) is 0. The van der Waals surface area contributed by atoms with E-state index < -0.39 is 0 Å². The number of nitrogens with zero attached hydrogens (tertiary/aromatic N) is 2. The summed E-state index contributed by atoms with van der Waals surface area (Å²) >= 11 is 0. The van der Waals surface area contributed by atoms with Gasteiger partial charge in [-0.1, -0.05) is 12.1 Å². The first-order valence-electron chi connectivity index (χ1n) is 4.98. The first-order chi connectivity index (χ1) is 7.36. The zero-order valence-corrected chi connectivity index (χ0v) is 10.1. The monoisotopic (exact) mass is 242 g/mol. The standard InChI is InChI=1S/C11H15N2O2.ClH/c1-3-15-9-12-8-13(14-2)11-7-5-4-6-10(11)12;/h4-8H,3,9H2,1-2H3;1H/q+1;/p-1.